The maximum atomic E-state index is 12.2. The summed E-state index contributed by atoms with van der Waals surface area (Å²) >= 11 is 1.42. The molecule has 0 aliphatic carbocycles. The van der Waals surface area contributed by atoms with Gasteiger partial charge in [0.2, 0.25) is 0 Å². The highest BCUT2D eigenvalue weighted by Crippen LogP contribution is 2.25. The number of nitrogens with one attached hydrogen (secondary N) is 1. The third-order valence-corrected chi connectivity index (χ3v) is 4.86. The maximum absolute atomic E-state index is 12.2. The van der Waals surface area contributed by atoms with Crippen LogP contribution in [0.5, 0.6) is 0 Å². The Morgan fingerprint density at radius 3 is 2.63 bits per heavy atom. The highest BCUT2D eigenvalue weighted by molar-refractivity contribution is 7.15. The molecule has 3 heterocycles. The van der Waals surface area contributed by atoms with Gasteiger partial charge in [0.1, 0.15) is 5.69 Å². The molecule has 0 aliphatic rings. The number of nitrogens with zero attached hydrogens (tertiary/aromatic N) is 3. The molecule has 7 nitrogen and oxygen atoms in total. The number of anilines is 1. The number of carbonyl (C=O) groups excluding carboxylic acids is 2. The second-order valence-corrected chi connectivity index (χ2v) is 6.94. The second-order valence-electron chi connectivity index (χ2n) is 6.11. The first kappa shape index (κ1) is 17.0. The van der Waals surface area contributed by atoms with E-state index in [4.69, 9.17) is 4.42 Å². The van der Waals surface area contributed by atoms with Gasteiger partial charge in [-0.3, -0.25) is 14.0 Å². The van der Waals surface area contributed by atoms with Crippen molar-refractivity contribution < 1.29 is 14.0 Å². The lowest BCUT2D eigenvalue weighted by Gasteiger charge is -2.08. The van der Waals surface area contributed by atoms with E-state index in [2.05, 4.69) is 10.3 Å². The van der Waals surface area contributed by atoms with Crippen molar-refractivity contribution in [3.63, 3.8) is 0 Å². The fourth-order valence-electron chi connectivity index (χ4n) is 2.63. The van der Waals surface area contributed by atoms with Gasteiger partial charge in [0, 0.05) is 36.9 Å². The smallest absolute Gasteiger partial charge is 0.291 e. The molecule has 0 saturated carbocycles. The van der Waals surface area contributed by atoms with Gasteiger partial charge < -0.3 is 14.6 Å². The Morgan fingerprint density at radius 1 is 1.19 bits per heavy atom. The molecule has 0 unspecified atom stereocenters. The van der Waals surface area contributed by atoms with Crippen LogP contribution < -0.4 is 5.32 Å². The molecule has 0 spiro atoms. The summed E-state index contributed by atoms with van der Waals surface area (Å²) in [4.78, 5) is 31.1. The number of thiazole rings is 1. The van der Waals surface area contributed by atoms with Crippen molar-refractivity contribution in [2.24, 2.45) is 0 Å². The number of hydrogen-bond acceptors (Lipinski definition) is 5. The molecule has 0 atom stereocenters. The summed E-state index contributed by atoms with van der Waals surface area (Å²) in [6.45, 7) is 0. The van der Waals surface area contributed by atoms with Gasteiger partial charge >= 0.3 is 0 Å². The van der Waals surface area contributed by atoms with Crippen LogP contribution in [0.25, 0.3) is 16.2 Å². The average molecular weight is 380 g/mol. The number of fused-ring (bicyclic) bond motifs is 1. The number of furan rings is 1. The lowest BCUT2D eigenvalue weighted by Crippen LogP contribution is -2.22. The van der Waals surface area contributed by atoms with Gasteiger partial charge in [-0.15, -0.1) is 11.3 Å². The second kappa shape index (κ2) is 6.73. The fraction of sp³-hybridized carbons (Fsp3) is 0.105. The normalized spacial score (nSPS) is 10.9. The van der Waals surface area contributed by atoms with E-state index < -0.39 is 0 Å². The van der Waals surface area contributed by atoms with Crippen molar-refractivity contribution in [1.29, 1.82) is 0 Å². The number of amides is 2. The highest BCUT2D eigenvalue weighted by Gasteiger charge is 2.16. The van der Waals surface area contributed by atoms with E-state index >= 15 is 0 Å². The molecule has 0 fully saturated rings. The van der Waals surface area contributed by atoms with Gasteiger partial charge in [-0.1, -0.05) is 12.1 Å². The van der Waals surface area contributed by atoms with E-state index in [1.165, 1.54) is 22.5 Å². The van der Waals surface area contributed by atoms with Crippen molar-refractivity contribution in [1.82, 2.24) is 14.3 Å². The molecule has 1 N–H and O–H groups in total. The Kier molecular flexibility index (Phi) is 4.25. The van der Waals surface area contributed by atoms with Crippen LogP contribution in [0.1, 0.15) is 21.0 Å². The molecule has 0 radical (unpaired) electrons. The molecule has 136 valence electrons. The Balaban J connectivity index is 1.57. The lowest BCUT2D eigenvalue weighted by atomic mass is 10.1. The van der Waals surface area contributed by atoms with E-state index in [0.717, 1.165) is 16.2 Å². The third kappa shape index (κ3) is 3.22. The zero-order valence-electron chi connectivity index (χ0n) is 14.7. The Morgan fingerprint density at radius 2 is 1.96 bits per heavy atom. The summed E-state index contributed by atoms with van der Waals surface area (Å²) in [6, 6.07) is 10.6. The largest absolute Gasteiger partial charge is 0.459 e. The Labute approximate surface area is 158 Å². The summed E-state index contributed by atoms with van der Waals surface area (Å²) in [5, 5.41) is 4.58. The number of aromatic nitrogens is 2. The molecule has 8 heteroatoms. The molecular formula is C19H16N4O3S. The molecule has 0 aliphatic heterocycles. The number of rotatable bonds is 4. The number of imidazole rings is 1. The van der Waals surface area contributed by atoms with Crippen LogP contribution in [0.2, 0.25) is 0 Å². The van der Waals surface area contributed by atoms with Gasteiger partial charge in [0.15, 0.2) is 10.7 Å². The molecule has 1 aromatic carbocycles. The van der Waals surface area contributed by atoms with E-state index in [-0.39, 0.29) is 17.6 Å². The monoisotopic (exact) mass is 380 g/mol. The van der Waals surface area contributed by atoms with E-state index in [0.29, 0.717) is 11.4 Å². The predicted molar refractivity (Wildman–Crippen MR) is 103 cm³/mol. The summed E-state index contributed by atoms with van der Waals surface area (Å²) in [5.74, 6) is -0.116. The first-order valence-corrected chi connectivity index (χ1v) is 9.04. The first-order chi connectivity index (χ1) is 13.0. The van der Waals surface area contributed by atoms with Gasteiger partial charge in [-0.2, -0.15) is 0 Å². The van der Waals surface area contributed by atoms with Gasteiger partial charge in [-0.25, -0.2) is 4.98 Å². The topological polar surface area (TPSA) is 79.8 Å². The van der Waals surface area contributed by atoms with Crippen molar-refractivity contribution in [3.8, 4) is 11.3 Å². The van der Waals surface area contributed by atoms with Gasteiger partial charge in [0.05, 0.1) is 12.0 Å². The number of hydrogen-bond donors (Lipinski definition) is 1. The van der Waals surface area contributed by atoms with Crippen molar-refractivity contribution in [2.75, 3.05) is 19.4 Å². The zero-order valence-corrected chi connectivity index (χ0v) is 15.5. The SMILES string of the molecule is CN(C)C(=O)c1csc2nc(-c3ccc(NC(=O)c4ccco4)cc3)cn12. The Hall–Kier alpha value is -3.39. The van der Waals surface area contributed by atoms with Crippen LogP contribution >= 0.6 is 11.3 Å². The molecule has 4 rings (SSSR count). The molecular weight excluding hydrogens is 364 g/mol. The van der Waals surface area contributed by atoms with E-state index in [1.807, 2.05) is 23.7 Å². The number of benzene rings is 1. The van der Waals surface area contributed by atoms with Crippen LogP contribution in [0.3, 0.4) is 0 Å². The predicted octanol–water partition coefficient (Wildman–Crippen LogP) is 3.61. The van der Waals surface area contributed by atoms with Crippen LogP contribution in [0.15, 0.2) is 58.7 Å². The summed E-state index contributed by atoms with van der Waals surface area (Å²) < 4.78 is 6.88. The molecule has 0 saturated heterocycles. The third-order valence-electron chi connectivity index (χ3n) is 4.02. The molecule has 3 aromatic heterocycles. The van der Waals surface area contributed by atoms with Gasteiger partial charge in [-0.05, 0) is 24.3 Å². The van der Waals surface area contributed by atoms with Crippen LogP contribution in [-0.2, 0) is 0 Å². The minimum Gasteiger partial charge on any atom is -0.459 e. The van der Waals surface area contributed by atoms with Crippen molar-refractivity contribution in [2.45, 2.75) is 0 Å². The highest BCUT2D eigenvalue weighted by atomic mass is 32.1. The van der Waals surface area contributed by atoms with E-state index in [1.54, 1.807) is 42.8 Å². The zero-order chi connectivity index (χ0) is 19.0. The summed E-state index contributed by atoms with van der Waals surface area (Å²) in [5.41, 5.74) is 2.90. The lowest BCUT2D eigenvalue weighted by molar-refractivity contribution is 0.0821. The molecule has 0 bridgehead atoms. The minimum atomic E-state index is -0.304. The van der Waals surface area contributed by atoms with Crippen LogP contribution in [-0.4, -0.2) is 40.2 Å². The average Bonchev–Trinajstić information content (AvgIpc) is 3.38. The minimum absolute atomic E-state index is 0.0683. The quantitative estimate of drug-likeness (QED) is 0.586. The molecule has 2 amide bonds. The number of carbonyl (C=O) groups is 2. The first-order valence-electron chi connectivity index (χ1n) is 8.16. The Bertz CT molecular complexity index is 1110. The van der Waals surface area contributed by atoms with Crippen molar-refractivity contribution in [3.05, 3.63) is 65.7 Å². The van der Waals surface area contributed by atoms with Crippen LogP contribution in [0, 0.1) is 0 Å². The standard InChI is InChI=1S/C19H16N4O3S/c1-22(2)18(25)15-11-27-19-21-14(10-23(15)19)12-5-7-13(8-6-12)20-17(24)16-4-3-9-26-16/h3-11H,1-2H3,(H,20,24). The van der Waals surface area contributed by atoms with Crippen LogP contribution in [0.4, 0.5) is 5.69 Å². The van der Waals surface area contributed by atoms with Crippen molar-refractivity contribution >= 4 is 33.8 Å². The van der Waals surface area contributed by atoms with Gasteiger partial charge in [0.25, 0.3) is 11.8 Å². The molecule has 4 aromatic rings. The maximum Gasteiger partial charge on any atom is 0.291 e. The fourth-order valence-corrected chi connectivity index (χ4v) is 3.48. The summed E-state index contributed by atoms with van der Waals surface area (Å²) in [6.07, 6.45) is 3.30. The summed E-state index contributed by atoms with van der Waals surface area (Å²) in [7, 11) is 3.44. The molecule has 27 heavy (non-hydrogen) atoms. The van der Waals surface area contributed by atoms with E-state index in [9.17, 15) is 9.59 Å².